The van der Waals surface area contributed by atoms with Gasteiger partial charge in [0, 0.05) is 17.0 Å². The first-order valence-electron chi connectivity index (χ1n) is 9.98. The lowest BCUT2D eigenvalue weighted by Gasteiger charge is -2.57. The van der Waals surface area contributed by atoms with Gasteiger partial charge in [0.2, 0.25) is 0 Å². The molecule has 2 heterocycles. The van der Waals surface area contributed by atoms with Gasteiger partial charge in [0.1, 0.15) is 18.2 Å². The van der Waals surface area contributed by atoms with Crippen LogP contribution in [0, 0.1) is 0 Å². The lowest BCUT2D eigenvalue weighted by molar-refractivity contribution is -0.263. The second-order valence-corrected chi connectivity index (χ2v) is 15.8. The van der Waals surface area contributed by atoms with Gasteiger partial charge in [-0.1, -0.05) is 41.5 Å². The van der Waals surface area contributed by atoms with Gasteiger partial charge in [0.05, 0.1) is 6.61 Å². The highest BCUT2D eigenvalue weighted by atomic mass is 31.2. The number of hydrogen-bond donors (Lipinski definition) is 2. The van der Waals surface area contributed by atoms with Crippen molar-refractivity contribution in [1.82, 2.24) is 0 Å². The minimum absolute atomic E-state index is 0.0387. The van der Waals surface area contributed by atoms with Crippen LogP contribution >= 0.6 is 7.82 Å². The molecule has 2 N–H and O–H groups in total. The normalized spacial score (nSPS) is 32.3. The molecule has 11 nitrogen and oxygen atoms in total. The van der Waals surface area contributed by atoms with Crippen molar-refractivity contribution in [3.8, 4) is 0 Å². The third kappa shape index (κ3) is 5.74. The van der Waals surface area contributed by atoms with Crippen LogP contribution < -0.4 is 5.11 Å². The number of rotatable bonds is 4. The highest BCUT2D eigenvalue weighted by molar-refractivity contribution is 7.46. The zero-order valence-electron chi connectivity index (χ0n) is 19.1. The van der Waals surface area contributed by atoms with E-state index in [1.807, 2.05) is 41.5 Å². The highest BCUT2D eigenvalue weighted by Crippen LogP contribution is 2.55. The zero-order chi connectivity index (χ0) is 24.0. The standard InChI is InChI=1S/C18H34NO10PSi/c1-10(20)19-13-15(26-11(2)21)14-12(27-16(13)28-30(22,23)24)9-25-31(29-14,17(3,4)5)18(6,7)8/h12-16H,9H2,1-8H3,(H,19,20)(H2,22,23,24)/p-1/t12-,13-,14-,15-,16-/m1/s1. The van der Waals surface area contributed by atoms with Crippen molar-refractivity contribution in [3.05, 3.63) is 0 Å². The summed E-state index contributed by atoms with van der Waals surface area (Å²) >= 11 is 0. The number of phosphoric ester groups is 1. The van der Waals surface area contributed by atoms with Crippen molar-refractivity contribution in [2.45, 2.75) is 96.1 Å². The Bertz CT molecular complexity index is 737. The predicted molar refractivity (Wildman–Crippen MR) is 110 cm³/mol. The third-order valence-corrected chi connectivity index (χ3v) is 10.8. The number of esters is 1. The van der Waals surface area contributed by atoms with Crippen molar-refractivity contribution in [3.63, 3.8) is 0 Å². The first-order chi connectivity index (χ1) is 13.9. The van der Waals surface area contributed by atoms with Gasteiger partial charge < -0.3 is 33.2 Å². The van der Waals surface area contributed by atoms with E-state index < -0.39 is 58.9 Å². The predicted octanol–water partition coefficient (Wildman–Crippen LogP) is 1.36. The summed E-state index contributed by atoms with van der Waals surface area (Å²) in [6.07, 6.45) is -4.53. The van der Waals surface area contributed by atoms with Gasteiger partial charge in [-0.2, -0.15) is 0 Å². The van der Waals surface area contributed by atoms with Crippen LogP contribution in [0.3, 0.4) is 0 Å². The number of aliphatic imine (C=N–C) groups is 1. The molecule has 0 aromatic carbocycles. The molecule has 0 unspecified atom stereocenters. The Morgan fingerprint density at radius 1 is 1.16 bits per heavy atom. The molecular weight excluding hydrogens is 449 g/mol. The van der Waals surface area contributed by atoms with Crippen LogP contribution in [-0.2, 0) is 32.2 Å². The van der Waals surface area contributed by atoms with Gasteiger partial charge in [0.15, 0.2) is 12.4 Å². The average Bonchev–Trinajstić information content (AvgIpc) is 2.53. The number of phosphoric acid groups is 1. The summed E-state index contributed by atoms with van der Waals surface area (Å²) in [5, 5.41) is 11.0. The quantitative estimate of drug-likeness (QED) is 0.197. The Morgan fingerprint density at radius 3 is 2.13 bits per heavy atom. The molecule has 0 aromatic rings. The molecular formula is C18H33NO10PSi-. The Hall–Kier alpha value is -0.853. The van der Waals surface area contributed by atoms with E-state index in [1.165, 1.54) is 13.8 Å². The van der Waals surface area contributed by atoms with E-state index in [9.17, 15) is 24.3 Å². The smallest absolute Gasteiger partial charge is 0.472 e. The number of nitrogens with zero attached hydrogens (tertiary/aromatic N) is 1. The van der Waals surface area contributed by atoms with Crippen LogP contribution in [0.5, 0.6) is 0 Å². The first-order valence-corrected chi connectivity index (χ1v) is 13.3. The first kappa shape index (κ1) is 26.4. The molecule has 0 aromatic heterocycles. The van der Waals surface area contributed by atoms with Crippen molar-refractivity contribution in [2.75, 3.05) is 6.61 Å². The monoisotopic (exact) mass is 482 g/mol. The Balaban J connectivity index is 2.56. The molecule has 2 saturated heterocycles. The highest BCUT2D eigenvalue weighted by Gasteiger charge is 2.65. The van der Waals surface area contributed by atoms with Gasteiger partial charge in [-0.05, 0) is 12.8 Å². The fraction of sp³-hybridized carbons (Fsp3) is 0.889. The lowest BCUT2D eigenvalue weighted by atomic mass is 9.97. The molecule has 0 amide bonds. The number of hydrogen-bond acceptors (Lipinski definition) is 9. The van der Waals surface area contributed by atoms with Crippen LogP contribution in [0.15, 0.2) is 4.99 Å². The van der Waals surface area contributed by atoms with E-state index in [0.717, 1.165) is 0 Å². The van der Waals surface area contributed by atoms with Crippen LogP contribution in [0.25, 0.3) is 0 Å². The maximum absolute atomic E-state index is 11.9. The van der Waals surface area contributed by atoms with Crippen molar-refractivity contribution in [1.29, 1.82) is 0 Å². The van der Waals surface area contributed by atoms with Crippen LogP contribution in [-0.4, -0.2) is 67.5 Å². The Kier molecular flexibility index (Phi) is 7.52. The number of ether oxygens (including phenoxy) is 2. The Labute approximate surface area is 183 Å². The summed E-state index contributed by atoms with van der Waals surface area (Å²) < 4.78 is 40.4. The minimum atomic E-state index is -5.01. The summed E-state index contributed by atoms with van der Waals surface area (Å²) in [6, 6.07) is -1.33. The fourth-order valence-electron chi connectivity index (χ4n) is 4.40. The molecule has 2 fully saturated rings. The molecule has 0 aliphatic carbocycles. The van der Waals surface area contributed by atoms with E-state index in [1.54, 1.807) is 0 Å². The summed E-state index contributed by atoms with van der Waals surface area (Å²) in [6.45, 7) is 14.4. The lowest BCUT2D eigenvalue weighted by Crippen LogP contribution is -2.71. The summed E-state index contributed by atoms with van der Waals surface area (Å²) in [5.41, 5.74) is 0. The van der Waals surface area contributed by atoms with Gasteiger partial charge >= 0.3 is 22.4 Å². The molecule has 2 aliphatic heterocycles. The molecule has 180 valence electrons. The molecule has 13 heteroatoms. The van der Waals surface area contributed by atoms with E-state index in [0.29, 0.717) is 0 Å². The average molecular weight is 483 g/mol. The SMILES string of the molecule is CC(=O)O[C@@H]1[C@@H](N=C(C)[O-])[C@@H](OP(=O)(O)O)O[C@@H]2CO[Si](C(C)(C)C)(C(C)(C)C)O[C@@H]12. The van der Waals surface area contributed by atoms with Gasteiger partial charge in [-0.15, -0.1) is 0 Å². The molecule has 0 spiro atoms. The molecule has 31 heavy (non-hydrogen) atoms. The van der Waals surface area contributed by atoms with Crippen molar-refractivity contribution >= 4 is 28.3 Å². The zero-order valence-corrected chi connectivity index (χ0v) is 21.0. The molecule has 2 aliphatic rings. The molecule has 2 rings (SSSR count). The van der Waals surface area contributed by atoms with E-state index in [4.69, 9.17) is 22.8 Å². The van der Waals surface area contributed by atoms with Crippen LogP contribution in [0.1, 0.15) is 55.4 Å². The fourth-order valence-corrected chi connectivity index (χ4v) is 9.80. The number of carbonyl (C=O) groups is 1. The molecule has 5 atom stereocenters. The molecule has 0 bridgehead atoms. The number of fused-ring (bicyclic) bond motifs is 1. The second kappa shape index (κ2) is 8.83. The van der Waals surface area contributed by atoms with Crippen molar-refractivity contribution in [2.24, 2.45) is 4.99 Å². The molecule has 0 saturated carbocycles. The van der Waals surface area contributed by atoms with Crippen LogP contribution in [0.4, 0.5) is 0 Å². The molecule has 0 radical (unpaired) electrons. The summed E-state index contributed by atoms with van der Waals surface area (Å²) in [4.78, 5) is 34.4. The van der Waals surface area contributed by atoms with Gasteiger partial charge in [-0.25, -0.2) is 4.57 Å². The van der Waals surface area contributed by atoms with E-state index in [2.05, 4.69) is 4.99 Å². The summed E-state index contributed by atoms with van der Waals surface area (Å²) in [7, 11) is -8.03. The maximum atomic E-state index is 11.9. The minimum Gasteiger partial charge on any atom is -0.862 e. The van der Waals surface area contributed by atoms with E-state index in [-0.39, 0.29) is 16.7 Å². The van der Waals surface area contributed by atoms with Crippen molar-refractivity contribution < 1.29 is 47.1 Å². The summed E-state index contributed by atoms with van der Waals surface area (Å²) in [5.74, 6) is -1.32. The number of carbonyl (C=O) groups excluding carboxylic acids is 1. The topological polar surface area (TPSA) is 156 Å². The van der Waals surface area contributed by atoms with Gasteiger partial charge in [0.25, 0.3) is 0 Å². The van der Waals surface area contributed by atoms with Crippen LogP contribution in [0.2, 0.25) is 10.1 Å². The Morgan fingerprint density at radius 2 is 1.71 bits per heavy atom. The third-order valence-electron chi connectivity index (χ3n) is 5.22. The second-order valence-electron chi connectivity index (χ2n) is 9.86. The van der Waals surface area contributed by atoms with E-state index >= 15 is 0 Å². The largest absolute Gasteiger partial charge is 0.862 e. The van der Waals surface area contributed by atoms with Gasteiger partial charge in [-0.3, -0.25) is 14.3 Å². The maximum Gasteiger partial charge on any atom is 0.472 e.